The van der Waals surface area contributed by atoms with Crippen LogP contribution in [-0.2, 0) is 0 Å². The minimum Gasteiger partial charge on any atom is -0.309 e. The molecular weight excluding hydrogens is 455 g/mol. The van der Waals surface area contributed by atoms with Crippen molar-refractivity contribution in [2.45, 2.75) is 13.0 Å². The normalized spacial score (nSPS) is 12.5. The van der Waals surface area contributed by atoms with Crippen molar-refractivity contribution in [2.75, 3.05) is 7.05 Å². The van der Waals surface area contributed by atoms with Gasteiger partial charge in [0.1, 0.15) is 5.82 Å². The van der Waals surface area contributed by atoms with Gasteiger partial charge in [-0.25, -0.2) is 4.39 Å². The van der Waals surface area contributed by atoms with Crippen molar-refractivity contribution in [2.24, 2.45) is 0 Å². The molecule has 2 aromatic carbocycles. The number of halogens is 4. The van der Waals surface area contributed by atoms with Crippen LogP contribution in [0.15, 0.2) is 34.8 Å². The smallest absolute Gasteiger partial charge is 0.148 e. The summed E-state index contributed by atoms with van der Waals surface area (Å²) in [5.41, 5.74) is 2.77. The van der Waals surface area contributed by atoms with Gasteiger partial charge >= 0.3 is 0 Å². The van der Waals surface area contributed by atoms with Crippen LogP contribution >= 0.6 is 50.1 Å². The molecule has 2 rings (SSSR count). The van der Waals surface area contributed by atoms with Crippen LogP contribution in [0.2, 0.25) is 5.02 Å². The molecule has 0 aliphatic rings. The van der Waals surface area contributed by atoms with Crippen molar-refractivity contribution in [3.8, 4) is 0 Å². The lowest BCUT2D eigenvalue weighted by Crippen LogP contribution is -2.20. The van der Waals surface area contributed by atoms with Crippen molar-refractivity contribution >= 4 is 50.1 Å². The first-order valence-electron chi connectivity index (χ1n) is 6.03. The summed E-state index contributed by atoms with van der Waals surface area (Å²) in [6.45, 7) is 2.04. The molecule has 20 heavy (non-hydrogen) atoms. The van der Waals surface area contributed by atoms with E-state index in [-0.39, 0.29) is 11.1 Å². The highest BCUT2D eigenvalue weighted by molar-refractivity contribution is 14.1. The van der Waals surface area contributed by atoms with E-state index in [4.69, 9.17) is 11.6 Å². The standard InChI is InChI=1S/C15H13BrClFIN/c1-8-4-3-5-10(14(8)19)15(20-2)9-6-7-11(16)12(17)13(9)18/h3-7,15,20H,1-2H3. The van der Waals surface area contributed by atoms with Gasteiger partial charge < -0.3 is 5.32 Å². The average molecular weight is 469 g/mol. The SMILES string of the molecule is CNC(c1ccc(Br)c(Cl)c1F)c1cccc(C)c1I. The van der Waals surface area contributed by atoms with Crippen molar-refractivity contribution in [1.82, 2.24) is 5.32 Å². The Bertz CT molecular complexity index is 648. The average Bonchev–Trinajstić information content (AvgIpc) is 2.44. The summed E-state index contributed by atoms with van der Waals surface area (Å²) in [7, 11) is 1.82. The van der Waals surface area contributed by atoms with Gasteiger partial charge in [-0.15, -0.1) is 0 Å². The highest BCUT2D eigenvalue weighted by atomic mass is 127. The van der Waals surface area contributed by atoms with Crippen molar-refractivity contribution in [3.63, 3.8) is 0 Å². The lowest BCUT2D eigenvalue weighted by Gasteiger charge is -2.21. The topological polar surface area (TPSA) is 12.0 Å². The van der Waals surface area contributed by atoms with Gasteiger partial charge in [0.25, 0.3) is 0 Å². The van der Waals surface area contributed by atoms with Crippen molar-refractivity contribution < 1.29 is 4.39 Å². The fourth-order valence-electron chi connectivity index (χ4n) is 2.14. The molecule has 0 aliphatic carbocycles. The van der Waals surface area contributed by atoms with E-state index in [9.17, 15) is 4.39 Å². The Kier molecular flexibility index (Phi) is 5.45. The van der Waals surface area contributed by atoms with Crippen LogP contribution in [0.25, 0.3) is 0 Å². The second-order valence-corrected chi connectivity index (χ2v) is 6.78. The minimum absolute atomic E-state index is 0.116. The molecule has 0 aromatic heterocycles. The molecular formula is C15H13BrClFIN. The molecule has 0 bridgehead atoms. The van der Waals surface area contributed by atoms with E-state index in [1.807, 2.05) is 32.2 Å². The van der Waals surface area contributed by atoms with Gasteiger partial charge in [-0.2, -0.15) is 0 Å². The molecule has 0 aliphatic heterocycles. The molecule has 0 saturated carbocycles. The molecule has 0 amide bonds. The number of benzene rings is 2. The molecule has 0 saturated heterocycles. The molecule has 0 radical (unpaired) electrons. The Morgan fingerprint density at radius 2 is 1.95 bits per heavy atom. The molecule has 1 unspecified atom stereocenters. The van der Waals surface area contributed by atoms with Gasteiger partial charge in [-0.3, -0.25) is 0 Å². The van der Waals surface area contributed by atoms with Gasteiger partial charge in [0, 0.05) is 13.6 Å². The van der Waals surface area contributed by atoms with Crippen LogP contribution in [0.5, 0.6) is 0 Å². The van der Waals surface area contributed by atoms with Crippen LogP contribution in [0, 0.1) is 16.3 Å². The molecule has 106 valence electrons. The lowest BCUT2D eigenvalue weighted by molar-refractivity contribution is 0.575. The van der Waals surface area contributed by atoms with Crippen LogP contribution < -0.4 is 5.32 Å². The Hall–Kier alpha value is -0.170. The van der Waals surface area contributed by atoms with Crippen LogP contribution in [0.1, 0.15) is 22.7 Å². The monoisotopic (exact) mass is 467 g/mol. The summed E-state index contributed by atoms with van der Waals surface area (Å²) in [6.07, 6.45) is 0. The van der Waals surface area contributed by atoms with E-state index < -0.39 is 5.82 Å². The molecule has 1 N–H and O–H groups in total. The van der Waals surface area contributed by atoms with E-state index in [0.717, 1.165) is 9.13 Å². The molecule has 1 nitrogen and oxygen atoms in total. The first-order valence-corrected chi connectivity index (χ1v) is 8.28. The summed E-state index contributed by atoms with van der Waals surface area (Å²) in [5.74, 6) is -0.391. The van der Waals surface area contributed by atoms with E-state index >= 15 is 0 Å². The zero-order chi connectivity index (χ0) is 14.9. The van der Waals surface area contributed by atoms with Gasteiger partial charge in [0.2, 0.25) is 0 Å². The van der Waals surface area contributed by atoms with Crippen molar-refractivity contribution in [1.29, 1.82) is 0 Å². The summed E-state index contributed by atoms with van der Waals surface area (Å²) in [6, 6.07) is 9.33. The number of nitrogens with one attached hydrogen (secondary N) is 1. The third-order valence-corrected chi connectivity index (χ3v) is 5.93. The fraction of sp³-hybridized carbons (Fsp3) is 0.200. The maximum absolute atomic E-state index is 14.4. The van der Waals surface area contributed by atoms with Gasteiger partial charge in [0.15, 0.2) is 0 Å². The third-order valence-electron chi connectivity index (χ3n) is 3.20. The summed E-state index contributed by atoms with van der Waals surface area (Å²) < 4.78 is 16.1. The predicted octanol–water partition coefficient (Wildman–Crippen LogP) is 5.46. The molecule has 2 aromatic rings. The van der Waals surface area contributed by atoms with Crippen LogP contribution in [0.4, 0.5) is 4.39 Å². The Labute approximate surface area is 145 Å². The summed E-state index contributed by atoms with van der Waals surface area (Å²) in [5, 5.41) is 3.29. The molecule has 1 atom stereocenters. The van der Waals surface area contributed by atoms with E-state index in [2.05, 4.69) is 43.8 Å². The second kappa shape index (κ2) is 6.73. The number of rotatable bonds is 3. The second-order valence-electron chi connectivity index (χ2n) is 4.46. The van der Waals surface area contributed by atoms with Gasteiger partial charge in [0.05, 0.1) is 11.1 Å². The molecule has 0 spiro atoms. The fourth-order valence-corrected chi connectivity index (χ4v) is 3.28. The van der Waals surface area contributed by atoms with Crippen molar-refractivity contribution in [3.05, 3.63) is 65.9 Å². The summed E-state index contributed by atoms with van der Waals surface area (Å²) >= 11 is 11.5. The molecule has 0 heterocycles. The number of aryl methyl sites for hydroxylation is 1. The highest BCUT2D eigenvalue weighted by Gasteiger charge is 2.21. The number of hydrogen-bond acceptors (Lipinski definition) is 1. The van der Waals surface area contributed by atoms with E-state index in [0.29, 0.717) is 10.0 Å². The first-order chi connectivity index (χ1) is 9.47. The van der Waals surface area contributed by atoms with Gasteiger partial charge in [-0.1, -0.05) is 35.9 Å². The first kappa shape index (κ1) is 16.2. The lowest BCUT2D eigenvalue weighted by atomic mass is 9.97. The Balaban J connectivity index is 2.59. The Morgan fingerprint density at radius 3 is 2.60 bits per heavy atom. The quantitative estimate of drug-likeness (QED) is 0.466. The number of hydrogen-bond donors (Lipinski definition) is 1. The van der Waals surface area contributed by atoms with Gasteiger partial charge in [-0.05, 0) is 69.7 Å². The Morgan fingerprint density at radius 1 is 1.25 bits per heavy atom. The largest absolute Gasteiger partial charge is 0.309 e. The van der Waals surface area contributed by atoms with Crippen LogP contribution in [-0.4, -0.2) is 7.05 Å². The molecule has 5 heteroatoms. The predicted molar refractivity (Wildman–Crippen MR) is 93.9 cm³/mol. The maximum Gasteiger partial charge on any atom is 0.148 e. The highest BCUT2D eigenvalue weighted by Crippen LogP contribution is 2.34. The van der Waals surface area contributed by atoms with E-state index in [1.165, 1.54) is 5.56 Å². The minimum atomic E-state index is -0.391. The third kappa shape index (κ3) is 3.03. The summed E-state index contributed by atoms with van der Waals surface area (Å²) in [4.78, 5) is 0. The zero-order valence-electron chi connectivity index (χ0n) is 11.0. The van der Waals surface area contributed by atoms with Crippen LogP contribution in [0.3, 0.4) is 0 Å². The zero-order valence-corrected chi connectivity index (χ0v) is 15.5. The maximum atomic E-state index is 14.4. The molecule has 0 fully saturated rings. The van der Waals surface area contributed by atoms with E-state index in [1.54, 1.807) is 12.1 Å².